The number of aromatic nitrogens is 5. The van der Waals surface area contributed by atoms with Gasteiger partial charge in [0.25, 0.3) is 0 Å². The highest BCUT2D eigenvalue weighted by molar-refractivity contribution is 9.10. The standard InChI is InChI=1S/C13H21BrN6/c1-5-7-15-11(12-13(14)16-18-20(12)4)9-8-19(3)17-10(9)6-2/h8,11,15H,5-7H2,1-4H3. The van der Waals surface area contributed by atoms with Gasteiger partial charge in [-0.05, 0) is 35.3 Å². The molecule has 2 heterocycles. The Hall–Kier alpha value is -1.21. The average molecular weight is 341 g/mol. The van der Waals surface area contributed by atoms with Crippen LogP contribution in [0.5, 0.6) is 0 Å². The molecule has 7 heteroatoms. The van der Waals surface area contributed by atoms with Gasteiger partial charge in [-0.1, -0.05) is 19.1 Å². The van der Waals surface area contributed by atoms with Crippen LogP contribution in [0.15, 0.2) is 10.8 Å². The van der Waals surface area contributed by atoms with Crippen molar-refractivity contribution in [3.8, 4) is 0 Å². The number of rotatable bonds is 6. The molecular formula is C13H21BrN6. The summed E-state index contributed by atoms with van der Waals surface area (Å²) in [6.45, 7) is 5.21. The maximum atomic E-state index is 4.54. The fourth-order valence-electron chi connectivity index (χ4n) is 2.36. The molecule has 0 radical (unpaired) electrons. The Morgan fingerprint density at radius 1 is 1.35 bits per heavy atom. The number of aryl methyl sites for hydroxylation is 3. The smallest absolute Gasteiger partial charge is 0.153 e. The van der Waals surface area contributed by atoms with Crippen molar-refractivity contribution in [2.75, 3.05) is 6.54 Å². The van der Waals surface area contributed by atoms with Gasteiger partial charge in [-0.15, -0.1) is 5.10 Å². The van der Waals surface area contributed by atoms with Crippen LogP contribution in [0.3, 0.4) is 0 Å². The summed E-state index contributed by atoms with van der Waals surface area (Å²) in [5, 5.41) is 16.3. The lowest BCUT2D eigenvalue weighted by molar-refractivity contribution is 0.546. The van der Waals surface area contributed by atoms with Crippen molar-refractivity contribution in [3.63, 3.8) is 0 Å². The molecule has 20 heavy (non-hydrogen) atoms. The Labute approximate surface area is 127 Å². The summed E-state index contributed by atoms with van der Waals surface area (Å²) < 4.78 is 4.45. The lowest BCUT2D eigenvalue weighted by Gasteiger charge is -2.18. The van der Waals surface area contributed by atoms with Crippen molar-refractivity contribution >= 4 is 15.9 Å². The molecule has 1 unspecified atom stereocenters. The van der Waals surface area contributed by atoms with E-state index in [-0.39, 0.29) is 6.04 Å². The van der Waals surface area contributed by atoms with Crippen LogP contribution in [0.25, 0.3) is 0 Å². The van der Waals surface area contributed by atoms with Crippen molar-refractivity contribution in [1.29, 1.82) is 0 Å². The van der Waals surface area contributed by atoms with Crippen molar-refractivity contribution in [3.05, 3.63) is 27.8 Å². The molecule has 110 valence electrons. The minimum absolute atomic E-state index is 0.0491. The predicted octanol–water partition coefficient (Wildman–Crippen LogP) is 1.96. The van der Waals surface area contributed by atoms with Crippen LogP contribution in [-0.2, 0) is 20.5 Å². The maximum Gasteiger partial charge on any atom is 0.153 e. The van der Waals surface area contributed by atoms with E-state index in [0.717, 1.165) is 35.4 Å². The summed E-state index contributed by atoms with van der Waals surface area (Å²) in [6.07, 6.45) is 4.05. The highest BCUT2D eigenvalue weighted by atomic mass is 79.9. The summed E-state index contributed by atoms with van der Waals surface area (Å²) in [4.78, 5) is 0. The second kappa shape index (κ2) is 6.49. The van der Waals surface area contributed by atoms with Gasteiger partial charge in [0.1, 0.15) is 0 Å². The minimum Gasteiger partial charge on any atom is -0.305 e. The van der Waals surface area contributed by atoms with Crippen LogP contribution in [0.4, 0.5) is 0 Å². The quantitative estimate of drug-likeness (QED) is 0.873. The first-order valence-electron chi connectivity index (χ1n) is 6.89. The Morgan fingerprint density at radius 2 is 2.10 bits per heavy atom. The summed E-state index contributed by atoms with van der Waals surface area (Å²) in [5.74, 6) is 0. The number of nitrogens with one attached hydrogen (secondary N) is 1. The third kappa shape index (κ3) is 2.93. The molecule has 0 amide bonds. The number of hydrogen-bond donors (Lipinski definition) is 1. The molecule has 2 aromatic heterocycles. The minimum atomic E-state index is 0.0491. The molecule has 0 fully saturated rings. The molecule has 1 N–H and O–H groups in total. The van der Waals surface area contributed by atoms with Crippen LogP contribution < -0.4 is 5.32 Å². The van der Waals surface area contributed by atoms with Gasteiger partial charge in [-0.2, -0.15) is 5.10 Å². The second-order valence-electron chi connectivity index (χ2n) is 4.83. The van der Waals surface area contributed by atoms with E-state index in [1.54, 1.807) is 0 Å². The molecule has 0 saturated carbocycles. The summed E-state index contributed by atoms with van der Waals surface area (Å²) in [6, 6.07) is 0.0491. The van der Waals surface area contributed by atoms with Gasteiger partial charge in [0.2, 0.25) is 0 Å². The fourth-order valence-corrected chi connectivity index (χ4v) is 2.91. The zero-order chi connectivity index (χ0) is 14.7. The molecule has 0 aliphatic heterocycles. The van der Waals surface area contributed by atoms with Gasteiger partial charge in [0.05, 0.1) is 17.4 Å². The summed E-state index contributed by atoms with van der Waals surface area (Å²) in [5.41, 5.74) is 3.32. The van der Waals surface area contributed by atoms with Crippen molar-refractivity contribution < 1.29 is 0 Å². The maximum absolute atomic E-state index is 4.54. The van der Waals surface area contributed by atoms with E-state index in [0.29, 0.717) is 0 Å². The van der Waals surface area contributed by atoms with Crippen LogP contribution >= 0.6 is 15.9 Å². The average Bonchev–Trinajstić information content (AvgIpc) is 2.95. The van der Waals surface area contributed by atoms with E-state index in [4.69, 9.17) is 0 Å². The predicted molar refractivity (Wildman–Crippen MR) is 81.4 cm³/mol. The van der Waals surface area contributed by atoms with Crippen molar-refractivity contribution in [2.24, 2.45) is 14.1 Å². The van der Waals surface area contributed by atoms with E-state index in [1.165, 1.54) is 5.56 Å². The van der Waals surface area contributed by atoms with Crippen LogP contribution in [0, 0.1) is 0 Å². The molecule has 0 aliphatic rings. The normalized spacial score (nSPS) is 12.8. The number of halogens is 1. The monoisotopic (exact) mass is 340 g/mol. The topological polar surface area (TPSA) is 60.6 Å². The first-order chi connectivity index (χ1) is 9.58. The number of hydrogen-bond acceptors (Lipinski definition) is 4. The van der Waals surface area contributed by atoms with Gasteiger partial charge in [-0.3, -0.25) is 4.68 Å². The molecule has 2 aromatic rings. The summed E-state index contributed by atoms with van der Waals surface area (Å²) in [7, 11) is 3.87. The van der Waals surface area contributed by atoms with Gasteiger partial charge < -0.3 is 5.32 Å². The Bertz CT molecular complexity index is 554. The van der Waals surface area contributed by atoms with Gasteiger partial charge in [0.15, 0.2) is 4.60 Å². The largest absolute Gasteiger partial charge is 0.305 e. The molecular weight excluding hydrogens is 320 g/mol. The van der Waals surface area contributed by atoms with E-state index in [2.05, 4.69) is 56.7 Å². The van der Waals surface area contributed by atoms with E-state index >= 15 is 0 Å². The third-order valence-corrected chi connectivity index (χ3v) is 3.85. The van der Waals surface area contributed by atoms with E-state index in [9.17, 15) is 0 Å². The van der Waals surface area contributed by atoms with Crippen LogP contribution in [-0.4, -0.2) is 31.3 Å². The highest BCUT2D eigenvalue weighted by Crippen LogP contribution is 2.28. The van der Waals surface area contributed by atoms with Crippen molar-refractivity contribution in [1.82, 2.24) is 30.1 Å². The molecule has 1 atom stereocenters. The fraction of sp³-hybridized carbons (Fsp3) is 0.615. The second-order valence-corrected chi connectivity index (χ2v) is 5.59. The Kier molecular flexibility index (Phi) is 4.93. The zero-order valence-electron chi connectivity index (χ0n) is 12.4. The van der Waals surface area contributed by atoms with E-state index in [1.807, 2.05) is 23.5 Å². The summed E-state index contributed by atoms with van der Waals surface area (Å²) >= 11 is 3.50. The van der Waals surface area contributed by atoms with Gasteiger partial charge in [-0.25, -0.2) is 4.68 Å². The van der Waals surface area contributed by atoms with Gasteiger partial charge in [0, 0.05) is 25.9 Å². The molecule has 0 aliphatic carbocycles. The molecule has 0 spiro atoms. The van der Waals surface area contributed by atoms with Crippen LogP contribution in [0.2, 0.25) is 0 Å². The first kappa shape index (κ1) is 15.2. The van der Waals surface area contributed by atoms with Gasteiger partial charge >= 0.3 is 0 Å². The molecule has 0 bridgehead atoms. The van der Waals surface area contributed by atoms with E-state index < -0.39 is 0 Å². The molecule has 0 aromatic carbocycles. The molecule has 0 saturated heterocycles. The highest BCUT2D eigenvalue weighted by Gasteiger charge is 2.25. The third-order valence-electron chi connectivity index (χ3n) is 3.28. The van der Waals surface area contributed by atoms with Crippen LogP contribution in [0.1, 0.15) is 43.3 Å². The Balaban J connectivity index is 2.47. The molecule has 2 rings (SSSR count). The first-order valence-corrected chi connectivity index (χ1v) is 7.68. The Morgan fingerprint density at radius 3 is 2.65 bits per heavy atom. The number of nitrogens with zero attached hydrogens (tertiary/aromatic N) is 5. The lowest BCUT2D eigenvalue weighted by Crippen LogP contribution is -2.26. The SMILES string of the molecule is CCCNC(c1cn(C)nc1CC)c1c(Br)nnn1C. The lowest BCUT2D eigenvalue weighted by atomic mass is 10.0. The zero-order valence-corrected chi connectivity index (χ0v) is 14.0. The molecule has 6 nitrogen and oxygen atoms in total. The van der Waals surface area contributed by atoms with Crippen molar-refractivity contribution in [2.45, 2.75) is 32.7 Å².